The van der Waals surface area contributed by atoms with Crippen LogP contribution in [0.5, 0.6) is 11.5 Å². The number of benzene rings is 2. The minimum absolute atomic E-state index is 0.0796. The first-order valence-electron chi connectivity index (χ1n) is 7.62. The normalized spacial score (nSPS) is 10.1. The van der Waals surface area contributed by atoms with Crippen LogP contribution in [0, 0.1) is 18.3 Å². The highest BCUT2D eigenvalue weighted by Gasteiger charge is 2.08. The molecule has 1 amide bonds. The summed E-state index contributed by atoms with van der Waals surface area (Å²) < 4.78 is 9.85. The summed E-state index contributed by atoms with van der Waals surface area (Å²) in [6.45, 7) is 1.86. The lowest BCUT2D eigenvalue weighted by atomic mass is 10.1. The van der Waals surface area contributed by atoms with E-state index in [-0.39, 0.29) is 12.3 Å². The fourth-order valence-electron chi connectivity index (χ4n) is 2.20. The second kappa shape index (κ2) is 7.60. The number of aromatic nitrogens is 1. The Bertz CT molecular complexity index is 909. The first-order valence-corrected chi connectivity index (χ1v) is 8.45. The van der Waals surface area contributed by atoms with Gasteiger partial charge in [0.2, 0.25) is 5.91 Å². The summed E-state index contributed by atoms with van der Waals surface area (Å²) in [6.07, 6.45) is 0.284. The molecule has 0 bridgehead atoms. The molecule has 1 heterocycles. The maximum absolute atomic E-state index is 12.1. The number of ether oxygens (including phenoxy) is 1. The van der Waals surface area contributed by atoms with Crippen molar-refractivity contribution in [3.63, 3.8) is 0 Å². The van der Waals surface area contributed by atoms with E-state index in [9.17, 15) is 4.79 Å². The molecule has 5 nitrogen and oxygen atoms in total. The van der Waals surface area contributed by atoms with Crippen LogP contribution in [0.25, 0.3) is 0 Å². The van der Waals surface area contributed by atoms with Gasteiger partial charge in [-0.15, -0.1) is 0 Å². The molecule has 0 spiro atoms. The van der Waals surface area contributed by atoms with Crippen molar-refractivity contribution in [1.82, 2.24) is 4.37 Å². The van der Waals surface area contributed by atoms with Gasteiger partial charge in [0.05, 0.1) is 29.4 Å². The van der Waals surface area contributed by atoms with Crippen LogP contribution in [0.1, 0.15) is 16.8 Å². The maximum atomic E-state index is 12.1. The van der Waals surface area contributed by atoms with Gasteiger partial charge in [-0.1, -0.05) is 12.1 Å². The van der Waals surface area contributed by atoms with Gasteiger partial charge in [0.1, 0.15) is 11.5 Å². The predicted octanol–water partition coefficient (Wildman–Crippen LogP) is 4.30. The van der Waals surface area contributed by atoms with Gasteiger partial charge in [0.15, 0.2) is 0 Å². The number of rotatable bonds is 5. The Balaban J connectivity index is 1.59. The average molecular weight is 349 g/mol. The van der Waals surface area contributed by atoms with E-state index in [1.54, 1.807) is 24.3 Å². The minimum Gasteiger partial charge on any atom is -0.457 e. The summed E-state index contributed by atoms with van der Waals surface area (Å²) in [6, 6.07) is 16.3. The lowest BCUT2D eigenvalue weighted by molar-refractivity contribution is -0.115. The molecule has 0 saturated heterocycles. The highest BCUT2D eigenvalue weighted by atomic mass is 32.1. The van der Waals surface area contributed by atoms with E-state index in [0.29, 0.717) is 17.1 Å². The third-order valence-electron chi connectivity index (χ3n) is 3.53. The molecule has 0 saturated carbocycles. The van der Waals surface area contributed by atoms with Crippen molar-refractivity contribution >= 4 is 23.1 Å². The largest absolute Gasteiger partial charge is 0.457 e. The first-order chi connectivity index (χ1) is 12.1. The molecule has 0 aliphatic rings. The smallest absolute Gasteiger partial charge is 0.228 e. The summed E-state index contributed by atoms with van der Waals surface area (Å²) in [4.78, 5) is 12.1. The predicted molar refractivity (Wildman–Crippen MR) is 96.9 cm³/mol. The van der Waals surface area contributed by atoms with Crippen LogP contribution in [-0.2, 0) is 11.2 Å². The molecule has 25 heavy (non-hydrogen) atoms. The molecule has 3 aromatic rings. The van der Waals surface area contributed by atoms with Gasteiger partial charge in [-0.3, -0.25) is 4.79 Å². The zero-order valence-electron chi connectivity index (χ0n) is 13.5. The fourth-order valence-corrected chi connectivity index (χ4v) is 2.85. The lowest BCUT2D eigenvalue weighted by Crippen LogP contribution is -2.14. The topological polar surface area (TPSA) is 75.0 Å². The number of nitriles is 1. The van der Waals surface area contributed by atoms with Gasteiger partial charge in [0, 0.05) is 5.38 Å². The summed E-state index contributed by atoms with van der Waals surface area (Å²) in [7, 11) is 0. The van der Waals surface area contributed by atoms with E-state index in [4.69, 9.17) is 10.00 Å². The molecular weight excluding hydrogens is 334 g/mol. The molecule has 124 valence electrons. The van der Waals surface area contributed by atoms with E-state index < -0.39 is 0 Å². The molecule has 2 aromatic carbocycles. The van der Waals surface area contributed by atoms with E-state index in [1.165, 1.54) is 11.5 Å². The second-order valence-electron chi connectivity index (χ2n) is 5.42. The molecule has 0 aliphatic heterocycles. The molecule has 3 rings (SSSR count). The molecule has 1 aromatic heterocycles. The van der Waals surface area contributed by atoms with Crippen molar-refractivity contribution in [1.29, 1.82) is 5.26 Å². The van der Waals surface area contributed by atoms with Gasteiger partial charge in [-0.2, -0.15) is 9.64 Å². The maximum Gasteiger partial charge on any atom is 0.228 e. The van der Waals surface area contributed by atoms with E-state index in [1.807, 2.05) is 36.6 Å². The fraction of sp³-hybridized carbons (Fsp3) is 0.105. The monoisotopic (exact) mass is 349 g/mol. The van der Waals surface area contributed by atoms with Crippen LogP contribution in [0.3, 0.4) is 0 Å². The van der Waals surface area contributed by atoms with Gasteiger partial charge < -0.3 is 10.1 Å². The highest BCUT2D eigenvalue weighted by molar-refractivity contribution is 7.04. The Kier molecular flexibility index (Phi) is 5.07. The molecule has 0 fully saturated rings. The van der Waals surface area contributed by atoms with Crippen LogP contribution >= 0.6 is 11.5 Å². The molecule has 6 heteroatoms. The van der Waals surface area contributed by atoms with Crippen molar-refractivity contribution in [3.8, 4) is 17.6 Å². The van der Waals surface area contributed by atoms with E-state index in [2.05, 4.69) is 15.8 Å². The van der Waals surface area contributed by atoms with Crippen LogP contribution in [0.2, 0.25) is 0 Å². The summed E-state index contributed by atoms with van der Waals surface area (Å²) in [5.41, 5.74) is 3.07. The second-order valence-corrected chi connectivity index (χ2v) is 6.05. The molecule has 0 unspecified atom stereocenters. The van der Waals surface area contributed by atoms with Crippen molar-refractivity contribution in [3.05, 3.63) is 70.7 Å². The van der Waals surface area contributed by atoms with Crippen molar-refractivity contribution in [2.45, 2.75) is 13.3 Å². The number of carbonyl (C=O) groups excluding carboxylic acids is 1. The molecule has 0 radical (unpaired) electrons. The standard InChI is InChI=1S/C19H15N3O2S/c1-13-18(12-25-22-13)21-19(23)10-14-2-6-16(7-3-14)24-17-8-4-15(11-20)5-9-17/h2-9,12H,10H2,1H3,(H,21,23). The number of amides is 1. The number of nitrogens with one attached hydrogen (secondary N) is 1. The van der Waals surface area contributed by atoms with Gasteiger partial charge in [0.25, 0.3) is 0 Å². The zero-order valence-corrected chi connectivity index (χ0v) is 14.3. The van der Waals surface area contributed by atoms with Crippen LogP contribution in [0.15, 0.2) is 53.9 Å². The van der Waals surface area contributed by atoms with Crippen molar-refractivity contribution < 1.29 is 9.53 Å². The minimum atomic E-state index is -0.0796. The van der Waals surface area contributed by atoms with E-state index >= 15 is 0 Å². The van der Waals surface area contributed by atoms with Gasteiger partial charge >= 0.3 is 0 Å². The summed E-state index contributed by atoms with van der Waals surface area (Å²) in [5, 5.41) is 13.5. The van der Waals surface area contributed by atoms with Crippen LogP contribution in [0.4, 0.5) is 5.69 Å². The van der Waals surface area contributed by atoms with Gasteiger partial charge in [-0.25, -0.2) is 0 Å². The molecule has 1 N–H and O–H groups in total. The molecule has 0 aliphatic carbocycles. The Labute approximate surface area is 149 Å². The average Bonchev–Trinajstić information content (AvgIpc) is 3.02. The third-order valence-corrected chi connectivity index (χ3v) is 4.25. The number of anilines is 1. The van der Waals surface area contributed by atoms with Gasteiger partial charge in [-0.05, 0) is 60.4 Å². The number of hydrogen-bond donors (Lipinski definition) is 1. The van der Waals surface area contributed by atoms with E-state index in [0.717, 1.165) is 16.9 Å². The number of aryl methyl sites for hydroxylation is 1. The Morgan fingerprint density at radius 1 is 1.16 bits per heavy atom. The molecule has 0 atom stereocenters. The first kappa shape index (κ1) is 16.7. The van der Waals surface area contributed by atoms with Crippen LogP contribution in [-0.4, -0.2) is 10.3 Å². The van der Waals surface area contributed by atoms with Crippen LogP contribution < -0.4 is 10.1 Å². The summed E-state index contributed by atoms with van der Waals surface area (Å²) in [5.74, 6) is 1.25. The Morgan fingerprint density at radius 2 is 1.80 bits per heavy atom. The van der Waals surface area contributed by atoms with Crippen molar-refractivity contribution in [2.24, 2.45) is 0 Å². The number of carbonyl (C=O) groups is 1. The molecular formula is C19H15N3O2S. The zero-order chi connectivity index (χ0) is 17.6. The SMILES string of the molecule is Cc1nscc1NC(=O)Cc1ccc(Oc2ccc(C#N)cc2)cc1. The third kappa shape index (κ3) is 4.43. The Hall–Kier alpha value is -3.17. The number of hydrogen-bond acceptors (Lipinski definition) is 5. The lowest BCUT2D eigenvalue weighted by Gasteiger charge is -2.07. The summed E-state index contributed by atoms with van der Waals surface area (Å²) >= 11 is 1.32. The highest BCUT2D eigenvalue weighted by Crippen LogP contribution is 2.22. The Morgan fingerprint density at radius 3 is 2.36 bits per heavy atom. The quantitative estimate of drug-likeness (QED) is 0.745. The van der Waals surface area contributed by atoms with Crippen molar-refractivity contribution in [2.75, 3.05) is 5.32 Å². The number of nitrogens with zero attached hydrogens (tertiary/aromatic N) is 2.